The molecule has 15 heavy (non-hydrogen) atoms. The fraction of sp³-hybridized carbons (Fsp3) is 0.500. The van der Waals surface area contributed by atoms with Gasteiger partial charge in [0.15, 0.2) is 0 Å². The summed E-state index contributed by atoms with van der Waals surface area (Å²) in [6.45, 7) is 5.78. The highest BCUT2D eigenvalue weighted by atomic mass is 79.9. The van der Waals surface area contributed by atoms with Crippen LogP contribution in [0.2, 0.25) is 0 Å². The van der Waals surface area contributed by atoms with E-state index in [1.54, 1.807) is 0 Å². The van der Waals surface area contributed by atoms with E-state index in [9.17, 15) is 0 Å². The predicted molar refractivity (Wildman–Crippen MR) is 67.6 cm³/mol. The van der Waals surface area contributed by atoms with Crippen LogP contribution < -0.4 is 5.73 Å². The molecule has 0 radical (unpaired) electrons. The minimum atomic E-state index is 0.833. The molecule has 2 rings (SSSR count). The highest BCUT2D eigenvalue weighted by Crippen LogP contribution is 2.23. The molecule has 1 aliphatic rings. The van der Waals surface area contributed by atoms with Gasteiger partial charge in [0.25, 0.3) is 0 Å². The second-order valence-corrected chi connectivity index (χ2v) is 5.34. The topological polar surface area (TPSA) is 29.3 Å². The van der Waals surface area contributed by atoms with Gasteiger partial charge in [-0.3, -0.25) is 4.90 Å². The zero-order valence-electron chi connectivity index (χ0n) is 9.04. The number of benzene rings is 1. The number of rotatable bonds is 2. The molecule has 0 aliphatic carbocycles. The summed E-state index contributed by atoms with van der Waals surface area (Å²) in [6.07, 6.45) is 1.33. The number of likely N-dealkylation sites (tertiary alicyclic amines) is 1. The van der Waals surface area contributed by atoms with Crippen molar-refractivity contribution in [3.63, 3.8) is 0 Å². The van der Waals surface area contributed by atoms with Gasteiger partial charge in [-0.1, -0.05) is 13.0 Å². The lowest BCUT2D eigenvalue weighted by Gasteiger charge is -2.15. The van der Waals surface area contributed by atoms with Gasteiger partial charge in [0, 0.05) is 23.2 Å². The van der Waals surface area contributed by atoms with Crippen LogP contribution in [0, 0.1) is 5.92 Å². The first-order valence-electron chi connectivity index (χ1n) is 5.41. The van der Waals surface area contributed by atoms with Crippen LogP contribution in [-0.2, 0) is 6.54 Å². The zero-order chi connectivity index (χ0) is 10.8. The van der Waals surface area contributed by atoms with Crippen molar-refractivity contribution in [2.45, 2.75) is 19.9 Å². The lowest BCUT2D eigenvalue weighted by Crippen LogP contribution is -2.19. The van der Waals surface area contributed by atoms with Crippen LogP contribution in [0.4, 0.5) is 5.69 Å². The van der Waals surface area contributed by atoms with Crippen molar-refractivity contribution >= 4 is 21.6 Å². The molecule has 1 aliphatic heterocycles. The van der Waals surface area contributed by atoms with Gasteiger partial charge < -0.3 is 5.73 Å². The molecule has 0 spiro atoms. The van der Waals surface area contributed by atoms with Gasteiger partial charge in [0.05, 0.1) is 0 Å². The SMILES string of the molecule is CC1CCN(Cc2ccc(Br)c(N)c2)C1. The molecule has 1 heterocycles. The Kier molecular flexibility index (Phi) is 3.32. The molecule has 0 amide bonds. The molecule has 3 heteroatoms. The van der Waals surface area contributed by atoms with Gasteiger partial charge >= 0.3 is 0 Å². The molecule has 1 saturated heterocycles. The highest BCUT2D eigenvalue weighted by Gasteiger charge is 2.18. The summed E-state index contributed by atoms with van der Waals surface area (Å²) in [7, 11) is 0. The van der Waals surface area contributed by atoms with Crippen molar-refractivity contribution in [3.05, 3.63) is 28.2 Å². The Morgan fingerprint density at radius 1 is 1.53 bits per heavy atom. The quantitative estimate of drug-likeness (QED) is 0.836. The van der Waals surface area contributed by atoms with Crippen molar-refractivity contribution in [2.24, 2.45) is 5.92 Å². The van der Waals surface area contributed by atoms with E-state index < -0.39 is 0 Å². The largest absolute Gasteiger partial charge is 0.398 e. The van der Waals surface area contributed by atoms with Crippen LogP contribution in [0.1, 0.15) is 18.9 Å². The van der Waals surface area contributed by atoms with Gasteiger partial charge in [0.2, 0.25) is 0 Å². The molecule has 1 aromatic carbocycles. The minimum Gasteiger partial charge on any atom is -0.398 e. The third-order valence-electron chi connectivity index (χ3n) is 2.97. The molecule has 1 atom stereocenters. The van der Waals surface area contributed by atoms with Crippen molar-refractivity contribution in [2.75, 3.05) is 18.8 Å². The predicted octanol–water partition coefficient (Wildman–Crippen LogP) is 2.87. The average molecular weight is 269 g/mol. The van der Waals surface area contributed by atoms with E-state index in [4.69, 9.17) is 5.73 Å². The summed E-state index contributed by atoms with van der Waals surface area (Å²) in [4.78, 5) is 2.49. The van der Waals surface area contributed by atoms with E-state index >= 15 is 0 Å². The maximum Gasteiger partial charge on any atom is 0.0461 e. The molecular formula is C12H17BrN2. The van der Waals surface area contributed by atoms with Crippen molar-refractivity contribution in [1.29, 1.82) is 0 Å². The Morgan fingerprint density at radius 3 is 2.93 bits per heavy atom. The minimum absolute atomic E-state index is 0.833. The van der Waals surface area contributed by atoms with Gasteiger partial charge in [0.1, 0.15) is 0 Å². The molecule has 2 nitrogen and oxygen atoms in total. The number of anilines is 1. The summed E-state index contributed by atoms with van der Waals surface area (Å²) in [6, 6.07) is 6.24. The number of halogens is 1. The van der Waals surface area contributed by atoms with E-state index in [1.807, 2.05) is 6.07 Å². The summed E-state index contributed by atoms with van der Waals surface area (Å²) in [5, 5.41) is 0. The Hall–Kier alpha value is -0.540. The maximum absolute atomic E-state index is 5.86. The zero-order valence-corrected chi connectivity index (χ0v) is 10.6. The normalized spacial score (nSPS) is 22.1. The second-order valence-electron chi connectivity index (χ2n) is 4.48. The number of hydrogen-bond acceptors (Lipinski definition) is 2. The monoisotopic (exact) mass is 268 g/mol. The number of nitrogen functional groups attached to an aromatic ring is 1. The lowest BCUT2D eigenvalue weighted by molar-refractivity contribution is 0.320. The molecule has 0 aromatic heterocycles. The highest BCUT2D eigenvalue weighted by molar-refractivity contribution is 9.10. The van der Waals surface area contributed by atoms with Gasteiger partial charge in [-0.2, -0.15) is 0 Å². The standard InChI is InChI=1S/C12H17BrN2/c1-9-4-5-15(7-9)8-10-2-3-11(13)12(14)6-10/h2-3,6,9H,4-5,7-8,14H2,1H3. The molecule has 2 N–H and O–H groups in total. The Bertz CT molecular complexity index is 351. The van der Waals surface area contributed by atoms with Crippen LogP contribution in [0.3, 0.4) is 0 Å². The van der Waals surface area contributed by atoms with E-state index in [2.05, 4.69) is 39.9 Å². The lowest BCUT2D eigenvalue weighted by atomic mass is 10.2. The average Bonchev–Trinajstić information content (AvgIpc) is 2.58. The Balaban J connectivity index is 2.02. The van der Waals surface area contributed by atoms with Crippen LogP contribution in [0.25, 0.3) is 0 Å². The first-order valence-corrected chi connectivity index (χ1v) is 6.20. The Morgan fingerprint density at radius 2 is 2.33 bits per heavy atom. The van der Waals surface area contributed by atoms with Crippen molar-refractivity contribution in [1.82, 2.24) is 4.90 Å². The van der Waals surface area contributed by atoms with Crippen LogP contribution in [-0.4, -0.2) is 18.0 Å². The van der Waals surface area contributed by atoms with E-state index in [0.29, 0.717) is 0 Å². The Labute approximate surface area is 99.6 Å². The first-order chi connectivity index (χ1) is 7.15. The molecule has 1 aromatic rings. The molecule has 0 saturated carbocycles. The fourth-order valence-corrected chi connectivity index (χ4v) is 2.37. The first kappa shape index (κ1) is 11.0. The molecule has 1 unspecified atom stereocenters. The van der Waals surface area contributed by atoms with Gasteiger partial charge in [-0.05, 0) is 52.5 Å². The molecule has 82 valence electrons. The summed E-state index contributed by atoms with van der Waals surface area (Å²) in [5.41, 5.74) is 8.00. The van der Waals surface area contributed by atoms with Crippen LogP contribution in [0.15, 0.2) is 22.7 Å². The van der Waals surface area contributed by atoms with E-state index in [0.717, 1.165) is 22.6 Å². The van der Waals surface area contributed by atoms with E-state index in [1.165, 1.54) is 25.1 Å². The molecular weight excluding hydrogens is 252 g/mol. The van der Waals surface area contributed by atoms with Crippen LogP contribution >= 0.6 is 15.9 Å². The molecule has 0 bridgehead atoms. The number of nitrogens with zero attached hydrogens (tertiary/aromatic N) is 1. The number of nitrogens with two attached hydrogens (primary N) is 1. The third kappa shape index (κ3) is 2.73. The summed E-state index contributed by atoms with van der Waals surface area (Å²) >= 11 is 3.41. The fourth-order valence-electron chi connectivity index (χ4n) is 2.12. The van der Waals surface area contributed by atoms with Crippen molar-refractivity contribution in [3.8, 4) is 0 Å². The van der Waals surface area contributed by atoms with Crippen molar-refractivity contribution < 1.29 is 0 Å². The van der Waals surface area contributed by atoms with Crippen LogP contribution in [0.5, 0.6) is 0 Å². The summed E-state index contributed by atoms with van der Waals surface area (Å²) < 4.78 is 0.987. The smallest absolute Gasteiger partial charge is 0.0461 e. The number of hydrogen-bond donors (Lipinski definition) is 1. The van der Waals surface area contributed by atoms with Gasteiger partial charge in [-0.25, -0.2) is 0 Å². The van der Waals surface area contributed by atoms with Gasteiger partial charge in [-0.15, -0.1) is 0 Å². The van der Waals surface area contributed by atoms with E-state index in [-0.39, 0.29) is 0 Å². The molecule has 1 fully saturated rings. The summed E-state index contributed by atoms with van der Waals surface area (Å²) in [5.74, 6) is 0.845. The second kappa shape index (κ2) is 4.54. The maximum atomic E-state index is 5.86. The third-order valence-corrected chi connectivity index (χ3v) is 3.70.